The van der Waals surface area contributed by atoms with E-state index in [2.05, 4.69) is 15.0 Å². The Morgan fingerprint density at radius 3 is 2.63 bits per heavy atom. The summed E-state index contributed by atoms with van der Waals surface area (Å²) in [5.41, 5.74) is 2.70. The van der Waals surface area contributed by atoms with Gasteiger partial charge in [-0.3, -0.25) is 9.52 Å². The highest BCUT2D eigenvalue weighted by molar-refractivity contribution is 7.92. The van der Waals surface area contributed by atoms with Crippen molar-refractivity contribution in [2.45, 2.75) is 38.0 Å². The van der Waals surface area contributed by atoms with E-state index in [-0.39, 0.29) is 16.6 Å². The topological polar surface area (TPSA) is 107 Å². The van der Waals surface area contributed by atoms with Crippen LogP contribution in [0.5, 0.6) is 5.75 Å². The van der Waals surface area contributed by atoms with Crippen molar-refractivity contribution in [2.75, 3.05) is 30.4 Å². The number of hydrogen-bond donors (Lipinski definition) is 2. The van der Waals surface area contributed by atoms with Crippen LogP contribution in [0, 0.1) is 19.8 Å². The number of nitrogens with zero attached hydrogens (tertiary/aromatic N) is 1. The number of methoxy groups -OCH3 is 1. The molecule has 4 rings (SSSR count). The second-order valence-electron chi connectivity index (χ2n) is 8.53. The average molecular weight is 516 g/mol. The minimum Gasteiger partial charge on any atom is -0.495 e. The number of aryl methyl sites for hydroxylation is 2. The van der Waals surface area contributed by atoms with Crippen LogP contribution in [0.3, 0.4) is 0 Å². The van der Waals surface area contributed by atoms with E-state index in [1.165, 1.54) is 18.4 Å². The fraction of sp³-hybridized carbons (Fsp3) is 0.360. The molecule has 8 nitrogen and oxygen atoms in total. The molecule has 2 aromatic carbocycles. The van der Waals surface area contributed by atoms with Gasteiger partial charge in [0, 0.05) is 19.6 Å². The number of carbonyl (C=O) groups is 1. The van der Waals surface area contributed by atoms with Gasteiger partial charge in [-0.05, 0) is 68.0 Å². The fourth-order valence-electron chi connectivity index (χ4n) is 4.02. The van der Waals surface area contributed by atoms with Gasteiger partial charge in [0.1, 0.15) is 10.6 Å². The number of sulfonamides is 1. The number of rotatable bonds is 8. The Hall–Kier alpha value is -2.95. The normalized spacial score (nSPS) is 14.5. The highest BCUT2D eigenvalue weighted by atomic mass is 32.2. The second-order valence-corrected chi connectivity index (χ2v) is 11.2. The van der Waals surface area contributed by atoms with Gasteiger partial charge in [-0.15, -0.1) is 0 Å². The van der Waals surface area contributed by atoms with Crippen LogP contribution >= 0.6 is 11.3 Å². The van der Waals surface area contributed by atoms with Crippen LogP contribution < -0.4 is 14.8 Å². The highest BCUT2D eigenvalue weighted by Crippen LogP contribution is 2.37. The monoisotopic (exact) mass is 515 g/mol. The standard InChI is InChI=1S/C25H29N3O5S2/c1-16-6-4-5-7-20(16)28-35(30,31)22-15-19(8-9-21(22)32-3)24-17(2)26-25(34-24)27-23(29)14-18-10-12-33-13-11-18/h4-9,15,18,28H,10-14H2,1-3H3,(H,26,27,29). The van der Waals surface area contributed by atoms with Crippen LogP contribution in [0.4, 0.5) is 10.8 Å². The molecule has 0 aliphatic carbocycles. The van der Waals surface area contributed by atoms with Crippen LogP contribution in [0.2, 0.25) is 0 Å². The van der Waals surface area contributed by atoms with E-state index in [0.29, 0.717) is 47.6 Å². The Morgan fingerprint density at radius 1 is 1.17 bits per heavy atom. The molecule has 1 amide bonds. The number of nitrogens with one attached hydrogen (secondary N) is 2. The third-order valence-corrected chi connectivity index (χ3v) is 8.47. The van der Waals surface area contributed by atoms with Crippen molar-refractivity contribution < 1.29 is 22.7 Å². The summed E-state index contributed by atoms with van der Waals surface area (Å²) in [7, 11) is -2.48. The predicted molar refractivity (Wildman–Crippen MR) is 138 cm³/mol. The summed E-state index contributed by atoms with van der Waals surface area (Å²) in [5, 5.41) is 3.39. The first-order chi connectivity index (χ1) is 16.8. The van der Waals surface area contributed by atoms with E-state index in [4.69, 9.17) is 9.47 Å². The summed E-state index contributed by atoms with van der Waals surface area (Å²) in [6, 6.07) is 12.2. The third-order valence-electron chi connectivity index (χ3n) is 5.96. The van der Waals surface area contributed by atoms with Gasteiger partial charge in [-0.2, -0.15) is 0 Å². The number of aromatic nitrogens is 1. The lowest BCUT2D eigenvalue weighted by Gasteiger charge is -2.20. The minimum atomic E-state index is -3.92. The lowest BCUT2D eigenvalue weighted by Crippen LogP contribution is -2.22. The molecule has 0 radical (unpaired) electrons. The summed E-state index contributed by atoms with van der Waals surface area (Å²) >= 11 is 1.32. The number of hydrogen-bond acceptors (Lipinski definition) is 7. The molecule has 1 fully saturated rings. The summed E-state index contributed by atoms with van der Waals surface area (Å²) in [5.74, 6) is 0.485. The maximum atomic E-state index is 13.3. The fourth-order valence-corrected chi connectivity index (χ4v) is 6.32. The maximum absolute atomic E-state index is 13.3. The Morgan fingerprint density at radius 2 is 1.91 bits per heavy atom. The number of anilines is 2. The molecule has 186 valence electrons. The SMILES string of the molecule is COc1ccc(-c2sc(NC(=O)CC3CCOCC3)nc2C)cc1S(=O)(=O)Nc1ccccc1C. The van der Waals surface area contributed by atoms with Gasteiger partial charge in [-0.25, -0.2) is 13.4 Å². The number of thiazole rings is 1. The predicted octanol–water partition coefficient (Wildman–Crippen LogP) is 4.99. The Balaban J connectivity index is 1.58. The van der Waals surface area contributed by atoms with Crippen molar-refractivity contribution in [3.8, 4) is 16.2 Å². The van der Waals surface area contributed by atoms with E-state index in [1.54, 1.807) is 30.3 Å². The molecule has 10 heteroatoms. The van der Waals surface area contributed by atoms with E-state index >= 15 is 0 Å². The zero-order valence-electron chi connectivity index (χ0n) is 20.0. The zero-order chi connectivity index (χ0) is 25.0. The van der Waals surface area contributed by atoms with Gasteiger partial charge in [0.2, 0.25) is 5.91 Å². The van der Waals surface area contributed by atoms with Crippen molar-refractivity contribution >= 4 is 38.1 Å². The lowest BCUT2D eigenvalue weighted by molar-refractivity contribution is -0.117. The Bertz CT molecular complexity index is 1310. The molecule has 0 unspecified atom stereocenters. The van der Waals surface area contributed by atoms with E-state index in [0.717, 1.165) is 23.3 Å². The van der Waals surface area contributed by atoms with Crippen molar-refractivity contribution in [1.29, 1.82) is 0 Å². The van der Waals surface area contributed by atoms with Gasteiger partial charge in [0.15, 0.2) is 5.13 Å². The molecule has 0 atom stereocenters. The maximum Gasteiger partial charge on any atom is 0.265 e. The Kier molecular flexibility index (Phi) is 7.73. The number of amides is 1. The summed E-state index contributed by atoms with van der Waals surface area (Å²) in [6.07, 6.45) is 2.21. The van der Waals surface area contributed by atoms with Gasteiger partial charge < -0.3 is 14.8 Å². The lowest BCUT2D eigenvalue weighted by atomic mass is 9.96. The first kappa shape index (κ1) is 25.2. The molecule has 3 aromatic rings. The molecule has 0 spiro atoms. The average Bonchev–Trinajstić information content (AvgIpc) is 3.20. The second kappa shape index (κ2) is 10.8. The quantitative estimate of drug-likeness (QED) is 0.438. The molecule has 35 heavy (non-hydrogen) atoms. The van der Waals surface area contributed by atoms with Crippen molar-refractivity contribution in [3.05, 3.63) is 53.7 Å². The first-order valence-corrected chi connectivity index (χ1v) is 13.7. The number of carbonyl (C=O) groups excluding carboxylic acids is 1. The molecule has 0 saturated carbocycles. The smallest absolute Gasteiger partial charge is 0.265 e. The van der Waals surface area contributed by atoms with Crippen molar-refractivity contribution in [2.24, 2.45) is 5.92 Å². The van der Waals surface area contributed by atoms with Gasteiger partial charge in [0.25, 0.3) is 10.0 Å². The van der Waals surface area contributed by atoms with E-state index in [9.17, 15) is 13.2 Å². The van der Waals surface area contributed by atoms with Crippen molar-refractivity contribution in [1.82, 2.24) is 4.98 Å². The molecule has 1 saturated heterocycles. The largest absolute Gasteiger partial charge is 0.495 e. The molecular formula is C25H29N3O5S2. The van der Waals surface area contributed by atoms with Crippen LogP contribution in [0.1, 0.15) is 30.5 Å². The van der Waals surface area contributed by atoms with Crippen LogP contribution in [0.15, 0.2) is 47.4 Å². The van der Waals surface area contributed by atoms with Crippen LogP contribution in [-0.4, -0.2) is 39.6 Å². The highest BCUT2D eigenvalue weighted by Gasteiger charge is 2.23. The van der Waals surface area contributed by atoms with Crippen LogP contribution in [0.25, 0.3) is 10.4 Å². The van der Waals surface area contributed by atoms with Crippen LogP contribution in [-0.2, 0) is 19.6 Å². The van der Waals surface area contributed by atoms with Crippen molar-refractivity contribution in [3.63, 3.8) is 0 Å². The first-order valence-electron chi connectivity index (χ1n) is 11.4. The van der Waals surface area contributed by atoms with Gasteiger partial charge >= 0.3 is 0 Å². The summed E-state index contributed by atoms with van der Waals surface area (Å²) in [4.78, 5) is 17.8. The molecule has 1 aliphatic heterocycles. The molecular weight excluding hydrogens is 486 g/mol. The summed E-state index contributed by atoms with van der Waals surface area (Å²) < 4.78 is 39.9. The molecule has 0 bridgehead atoms. The number of benzene rings is 2. The van der Waals surface area contributed by atoms with Gasteiger partial charge in [0.05, 0.1) is 23.4 Å². The van der Waals surface area contributed by atoms with E-state index in [1.807, 2.05) is 26.0 Å². The molecule has 1 aliphatic rings. The number of para-hydroxylation sites is 1. The molecule has 1 aromatic heterocycles. The zero-order valence-corrected chi connectivity index (χ0v) is 21.6. The van der Waals surface area contributed by atoms with E-state index < -0.39 is 10.0 Å². The minimum absolute atomic E-state index is 0.0265. The molecule has 2 heterocycles. The third kappa shape index (κ3) is 6.01. The summed E-state index contributed by atoms with van der Waals surface area (Å²) in [6.45, 7) is 5.06. The molecule has 2 N–H and O–H groups in total. The Labute approximate surface area is 209 Å². The van der Waals surface area contributed by atoms with Gasteiger partial charge in [-0.1, -0.05) is 29.5 Å². The number of ether oxygens (including phenoxy) is 2.